The third-order valence-corrected chi connectivity index (χ3v) is 13.3. The topological polar surface area (TPSA) is 177 Å². The zero-order chi connectivity index (χ0) is 50.7. The lowest BCUT2D eigenvalue weighted by atomic mass is 9.84. The molecule has 3 aliphatic heterocycles. The Morgan fingerprint density at radius 3 is 2.47 bits per heavy atom. The number of ether oxygens (including phenoxy) is 4. The number of hydrogen-bond donors (Lipinski definition) is 3. The van der Waals surface area contributed by atoms with E-state index in [1.165, 1.54) is 24.1 Å². The number of alkyl halides is 2. The number of halogens is 2. The highest BCUT2D eigenvalue weighted by Gasteiger charge is 2.35. The van der Waals surface area contributed by atoms with Gasteiger partial charge in [-0.3, -0.25) is 29.3 Å². The van der Waals surface area contributed by atoms with E-state index >= 15 is 0 Å². The minimum absolute atomic E-state index is 0.147. The number of piperazine rings is 1. The average Bonchev–Trinajstić information content (AvgIpc) is 3.62. The van der Waals surface area contributed by atoms with Gasteiger partial charge in [-0.05, 0) is 100 Å². The summed E-state index contributed by atoms with van der Waals surface area (Å²) in [7, 11) is 1.66. The van der Waals surface area contributed by atoms with E-state index in [0.717, 1.165) is 71.9 Å². The van der Waals surface area contributed by atoms with Gasteiger partial charge in [-0.1, -0.05) is 32.0 Å². The molecule has 5 heterocycles. The molecule has 4 atom stereocenters. The highest BCUT2D eigenvalue weighted by molar-refractivity contribution is 5.96. The minimum atomic E-state index is -2.88. The molecule has 0 saturated carbocycles. The van der Waals surface area contributed by atoms with Crippen LogP contribution in [0, 0.1) is 5.41 Å². The van der Waals surface area contributed by atoms with E-state index in [9.17, 15) is 33.1 Å². The average molecular weight is 974 g/mol. The van der Waals surface area contributed by atoms with Crippen molar-refractivity contribution >= 4 is 40.5 Å². The second kappa shape index (κ2) is 21.7. The monoisotopic (exact) mass is 974 g/mol. The van der Waals surface area contributed by atoms with Crippen molar-refractivity contribution in [3.63, 3.8) is 0 Å². The summed E-state index contributed by atoms with van der Waals surface area (Å²) in [5.74, 6) is -2.15. The van der Waals surface area contributed by atoms with E-state index in [-0.39, 0.29) is 43.3 Å². The van der Waals surface area contributed by atoms with Crippen LogP contribution in [0.4, 0.5) is 19.3 Å². The predicted molar refractivity (Wildman–Crippen MR) is 262 cm³/mol. The number of benzene rings is 2. The Morgan fingerprint density at radius 2 is 1.79 bits per heavy atom. The maximum Gasteiger partial charge on any atom is 0.408 e. The molecule has 16 nitrogen and oxygen atoms in total. The number of nitrogens with one attached hydrogen (secondary N) is 2. The maximum absolute atomic E-state index is 14.9. The van der Waals surface area contributed by atoms with Crippen molar-refractivity contribution in [1.82, 2.24) is 30.2 Å². The van der Waals surface area contributed by atoms with E-state index in [1.807, 2.05) is 45.2 Å². The number of aromatic nitrogens is 2. The van der Waals surface area contributed by atoms with Gasteiger partial charge in [0.1, 0.15) is 17.7 Å². The lowest BCUT2D eigenvalue weighted by molar-refractivity contribution is -0.148. The first-order valence-electron chi connectivity index (χ1n) is 24.3. The van der Waals surface area contributed by atoms with Gasteiger partial charge in [0.05, 0.1) is 55.2 Å². The number of carbonyl (C=O) groups is 4. The van der Waals surface area contributed by atoms with E-state index in [4.69, 9.17) is 23.9 Å². The van der Waals surface area contributed by atoms with Crippen molar-refractivity contribution in [2.45, 2.75) is 124 Å². The second-order valence-corrected chi connectivity index (χ2v) is 20.5. The molecule has 3 unspecified atom stereocenters. The third-order valence-electron chi connectivity index (χ3n) is 13.3. The molecule has 7 rings (SSSR count). The molecule has 0 radical (unpaired) electrons. The summed E-state index contributed by atoms with van der Waals surface area (Å²) in [6.45, 7) is 20.3. The number of anilines is 1. The quantitative estimate of drug-likeness (QED) is 0.0932. The van der Waals surface area contributed by atoms with Crippen LogP contribution >= 0.6 is 0 Å². The number of carbonyl (C=O) groups excluding carboxylic acids is 3. The number of fused-ring (bicyclic) bond motifs is 2. The van der Waals surface area contributed by atoms with E-state index in [1.54, 1.807) is 33.9 Å². The molecule has 380 valence electrons. The molecule has 3 aliphatic rings. The highest BCUT2D eigenvalue weighted by atomic mass is 19.3. The number of rotatable bonds is 16. The first-order chi connectivity index (χ1) is 33.1. The number of carboxylic acids is 1. The van der Waals surface area contributed by atoms with E-state index in [0.29, 0.717) is 49.1 Å². The van der Waals surface area contributed by atoms with Gasteiger partial charge in [0.25, 0.3) is 12.3 Å². The van der Waals surface area contributed by atoms with Crippen LogP contribution in [0.15, 0.2) is 48.7 Å². The van der Waals surface area contributed by atoms with E-state index in [2.05, 4.69) is 38.1 Å². The number of hydrazine groups is 1. The smallest absolute Gasteiger partial charge is 0.408 e. The van der Waals surface area contributed by atoms with Crippen LogP contribution < -0.4 is 15.6 Å². The minimum Gasteiger partial charge on any atom is -0.480 e. The molecular formula is C52H69F2N7O9. The van der Waals surface area contributed by atoms with Crippen LogP contribution in [0.3, 0.4) is 0 Å². The van der Waals surface area contributed by atoms with Crippen LogP contribution in [-0.4, -0.2) is 132 Å². The Morgan fingerprint density at radius 1 is 1.01 bits per heavy atom. The molecule has 0 aliphatic carbocycles. The summed E-state index contributed by atoms with van der Waals surface area (Å²) < 4.78 is 55.1. The zero-order valence-electron chi connectivity index (χ0n) is 41.9. The molecule has 18 heteroatoms. The zero-order valence-corrected chi connectivity index (χ0v) is 41.9. The van der Waals surface area contributed by atoms with Gasteiger partial charge in [-0.25, -0.2) is 19.0 Å². The van der Waals surface area contributed by atoms with Gasteiger partial charge in [0.2, 0.25) is 0 Å². The van der Waals surface area contributed by atoms with Gasteiger partial charge in [-0.2, -0.15) is 0 Å². The van der Waals surface area contributed by atoms with Crippen molar-refractivity contribution in [1.29, 1.82) is 0 Å². The summed E-state index contributed by atoms with van der Waals surface area (Å²) in [5, 5.41) is 14.4. The largest absolute Gasteiger partial charge is 0.480 e. The Labute approximate surface area is 408 Å². The Hall–Kier alpha value is -5.69. The first kappa shape index (κ1) is 52.1. The molecule has 3 fully saturated rings. The van der Waals surface area contributed by atoms with Gasteiger partial charge < -0.3 is 38.8 Å². The van der Waals surface area contributed by atoms with Crippen molar-refractivity contribution in [3.8, 4) is 22.4 Å². The van der Waals surface area contributed by atoms with Crippen molar-refractivity contribution in [2.75, 3.05) is 64.6 Å². The summed E-state index contributed by atoms with van der Waals surface area (Å²) in [6.07, 6.45) is -1.28. The Bertz CT molecular complexity index is 2560. The number of amides is 2. The molecule has 0 spiro atoms. The number of carboxylic acid groups (broad SMARTS) is 1. The van der Waals surface area contributed by atoms with E-state index < -0.39 is 47.5 Å². The van der Waals surface area contributed by atoms with Gasteiger partial charge >= 0.3 is 18.0 Å². The van der Waals surface area contributed by atoms with Crippen LogP contribution in [0.5, 0.6) is 0 Å². The summed E-state index contributed by atoms with van der Waals surface area (Å²) in [6, 6.07) is 10.5. The number of esters is 1. The summed E-state index contributed by atoms with van der Waals surface area (Å²) >= 11 is 0. The predicted octanol–water partition coefficient (Wildman–Crippen LogP) is 7.70. The van der Waals surface area contributed by atoms with Crippen LogP contribution in [0.2, 0.25) is 0 Å². The number of methoxy groups -OCH3 is 1. The van der Waals surface area contributed by atoms with Crippen molar-refractivity contribution in [3.05, 3.63) is 71.0 Å². The number of nitrogens with zero attached hydrogens (tertiary/aromatic N) is 5. The standard InChI is InChI=1S/C52H69F2N7O9/c1-10-60-44-14-13-34(35-20-33(21-36(23-35)47(53)54)22-43(56-50(66)70-51(4,5)6)48(63)61-15-11-12-42(57-61)49(64)65)24-39(44)41(26-52(7,8)30-69-32(3)62)46(60)40-25-37(27-55-45(40)31(2)67-9)59-17-16-58-18-19-68-29-38(58)28-59/h13-14,20-21,23-25,27,31,38,42-43,47,57H,10-12,15-19,22,26,28-30H2,1-9H3,(H,56,66)(H,64,65)/t31-,38?,42?,43?/m0/s1. The molecule has 3 saturated heterocycles. The molecule has 2 amide bonds. The fourth-order valence-corrected chi connectivity index (χ4v) is 9.81. The van der Waals surface area contributed by atoms with Gasteiger partial charge in [-0.15, -0.1) is 0 Å². The second-order valence-electron chi connectivity index (χ2n) is 20.5. The molecule has 3 N–H and O–H groups in total. The Balaban J connectivity index is 1.36. The molecular weight excluding hydrogens is 905 g/mol. The van der Waals surface area contributed by atoms with Crippen molar-refractivity contribution < 1.29 is 52.0 Å². The Kier molecular flexibility index (Phi) is 16.2. The lowest BCUT2D eigenvalue weighted by Crippen LogP contribution is -2.60. The highest BCUT2D eigenvalue weighted by Crippen LogP contribution is 2.43. The normalized spacial score (nSPS) is 18.9. The van der Waals surface area contributed by atoms with Crippen LogP contribution in [0.1, 0.15) is 103 Å². The third kappa shape index (κ3) is 12.2. The number of aryl methyl sites for hydroxylation is 1. The number of morpholine rings is 1. The molecule has 2 aromatic heterocycles. The number of alkyl carbamates (subject to hydrolysis) is 1. The number of hydrogen-bond acceptors (Lipinski definition) is 12. The van der Waals surface area contributed by atoms with Crippen molar-refractivity contribution in [2.24, 2.45) is 5.41 Å². The fraction of sp³-hybridized carbons (Fsp3) is 0.558. The lowest BCUT2D eigenvalue weighted by Gasteiger charge is -2.44. The van der Waals surface area contributed by atoms with Gasteiger partial charge in [0, 0.05) is 87.2 Å². The fourth-order valence-electron chi connectivity index (χ4n) is 9.81. The van der Waals surface area contributed by atoms with Crippen LogP contribution in [-0.2, 0) is 52.7 Å². The molecule has 70 heavy (non-hydrogen) atoms. The molecule has 2 aromatic carbocycles. The number of aliphatic carboxylic acids is 1. The first-order valence-corrected chi connectivity index (χ1v) is 24.3. The van der Waals surface area contributed by atoms with Crippen LogP contribution in [0.25, 0.3) is 33.3 Å². The summed E-state index contributed by atoms with van der Waals surface area (Å²) in [4.78, 5) is 61.4. The number of pyridine rings is 1. The molecule has 0 bridgehead atoms. The SMILES string of the molecule is CCn1c(-c2cc(N3CCN4CCOCC4C3)cnc2[C@H](C)OC)c(CC(C)(C)COC(C)=O)c2cc(-c3cc(CC(NC(=O)OC(C)(C)C)C(=O)N4CCCC(C(=O)O)N4)cc(C(F)F)c3)ccc21. The maximum atomic E-state index is 14.9. The molecule has 4 aromatic rings. The van der Waals surface area contributed by atoms with Gasteiger partial charge in [0.15, 0.2) is 0 Å². The summed E-state index contributed by atoms with van der Waals surface area (Å²) in [5.41, 5.74) is 7.81.